The van der Waals surface area contributed by atoms with Crippen LogP contribution in [0.5, 0.6) is 5.75 Å². The van der Waals surface area contributed by atoms with Gasteiger partial charge in [-0.05, 0) is 5.30 Å². The van der Waals surface area contributed by atoms with Gasteiger partial charge in [-0.3, -0.25) is 4.90 Å². The van der Waals surface area contributed by atoms with Crippen LogP contribution in [0.4, 0.5) is 22.0 Å². The third-order valence-corrected chi connectivity index (χ3v) is 6.81. The summed E-state index contributed by atoms with van der Waals surface area (Å²) >= 11 is 0. The highest BCUT2D eigenvalue weighted by molar-refractivity contribution is 6.59. The third-order valence-electron chi connectivity index (χ3n) is 6.81. The Hall–Kier alpha value is -3.59. The maximum Gasteiger partial charge on any atom is 0.266 e. The minimum absolute atomic E-state index is 0.132. The highest BCUT2D eigenvalue weighted by Crippen LogP contribution is 2.28. The van der Waals surface area contributed by atoms with Crippen LogP contribution in [-0.4, -0.2) is 152 Å². The summed E-state index contributed by atoms with van der Waals surface area (Å²) in [7, 11) is 41.1. The predicted octanol–water partition coefficient (Wildman–Crippen LogP) is -2.35. The van der Waals surface area contributed by atoms with Crippen molar-refractivity contribution in [2.75, 3.05) is 61.8 Å². The molecule has 4 aromatic heterocycles. The van der Waals surface area contributed by atoms with Gasteiger partial charge in [0.1, 0.15) is 49.2 Å². The Balaban J connectivity index is 1.15. The molecule has 0 aromatic carbocycles. The molecule has 1 aliphatic rings. The number of fused-ring (bicyclic) bond motifs is 1. The van der Waals surface area contributed by atoms with Gasteiger partial charge < -0.3 is 29.4 Å². The number of hydrogen-bond acceptors (Lipinski definition) is 12. The number of rotatable bonds is 11. The number of pyridine rings is 1. The quantitative estimate of drug-likeness (QED) is 0.190. The topological polar surface area (TPSA) is 136 Å². The highest BCUT2D eigenvalue weighted by Gasteiger charge is 2.40. The largest absolute Gasteiger partial charge is 0.504 e. The summed E-state index contributed by atoms with van der Waals surface area (Å²) < 4.78 is 32.0. The molecule has 21 heteroatoms. The van der Waals surface area contributed by atoms with E-state index in [1.54, 1.807) is 6.07 Å². The molecular weight excluding hydrogens is 559 g/mol. The van der Waals surface area contributed by atoms with E-state index in [0.717, 1.165) is 12.6 Å². The highest BCUT2D eigenvalue weighted by atomic mass is 19.1. The molecule has 0 spiro atoms. The Labute approximate surface area is 262 Å². The molecular formula is C23H22B7FN10O3. The minimum atomic E-state index is -2.45. The number of ether oxygens (including phenoxy) is 2. The summed E-state index contributed by atoms with van der Waals surface area (Å²) in [6, 6.07) is 2.83. The predicted molar refractivity (Wildman–Crippen MR) is 167 cm³/mol. The molecule has 4 aromatic rings. The van der Waals surface area contributed by atoms with E-state index in [1.807, 2.05) is 16.8 Å². The number of nitrogens with two attached hydrogens (primary N) is 1. The molecule has 0 unspecified atom stereocenters. The molecule has 5 heterocycles. The number of nitrogen functional groups attached to an aromatic ring is 1. The van der Waals surface area contributed by atoms with Gasteiger partial charge in [0.15, 0.2) is 17.3 Å². The van der Waals surface area contributed by atoms with E-state index in [4.69, 9.17) is 74.5 Å². The van der Waals surface area contributed by atoms with Gasteiger partial charge >= 0.3 is 0 Å². The molecule has 0 amide bonds. The van der Waals surface area contributed by atoms with Gasteiger partial charge in [0.25, 0.3) is 5.89 Å². The Bertz CT molecular complexity index is 1600. The molecule has 44 heavy (non-hydrogen) atoms. The van der Waals surface area contributed by atoms with Crippen molar-refractivity contribution in [3.8, 4) is 17.5 Å². The van der Waals surface area contributed by atoms with E-state index in [-0.39, 0.29) is 23.4 Å². The SMILES string of the molecule is [B]C([B])([B])OC([B])([B])C([B])([B])Oc1cnc(N2CCN(CCN(C)c3cc4nc(-c5ncco5)nn4c(N)n3)CC2)c(F)c1. The van der Waals surface area contributed by atoms with Gasteiger partial charge in [-0.25, -0.2) is 19.3 Å². The van der Waals surface area contributed by atoms with E-state index in [1.165, 1.54) is 23.2 Å². The maximum absolute atomic E-state index is 15.1. The van der Waals surface area contributed by atoms with E-state index < -0.39 is 21.9 Å². The molecule has 210 valence electrons. The van der Waals surface area contributed by atoms with Gasteiger partial charge in [0.05, 0.1) is 35.9 Å². The lowest BCUT2D eigenvalue weighted by molar-refractivity contribution is 0.00219. The smallest absolute Gasteiger partial charge is 0.266 e. The first-order valence-corrected chi connectivity index (χ1v) is 13.3. The van der Waals surface area contributed by atoms with Crippen LogP contribution in [0.2, 0.25) is 0 Å². The molecule has 0 aliphatic carbocycles. The minimum Gasteiger partial charge on any atom is -0.504 e. The number of likely N-dealkylation sites (N-methyl/N-ethyl adjacent to an activating group) is 1. The zero-order chi connectivity index (χ0) is 31.9. The van der Waals surface area contributed by atoms with Crippen molar-refractivity contribution >= 4 is 78.2 Å². The summed E-state index contributed by atoms with van der Waals surface area (Å²) in [5.74, 6) is 0.707. The lowest BCUT2D eigenvalue weighted by Crippen LogP contribution is -2.65. The Kier molecular flexibility index (Phi) is 8.73. The normalized spacial score (nSPS) is 15.1. The molecule has 0 saturated carbocycles. The van der Waals surface area contributed by atoms with Gasteiger partial charge in [-0.1, -0.05) is 0 Å². The van der Waals surface area contributed by atoms with Crippen molar-refractivity contribution in [2.45, 2.75) is 16.1 Å². The summed E-state index contributed by atoms with van der Waals surface area (Å²) in [5.41, 5.74) is 6.64. The number of piperazine rings is 1. The average molecular weight is 581 g/mol. The van der Waals surface area contributed by atoms with Crippen molar-refractivity contribution in [2.24, 2.45) is 0 Å². The fraction of sp³-hybridized carbons (Fsp3) is 0.435. The monoisotopic (exact) mass is 582 g/mol. The third kappa shape index (κ3) is 7.04. The van der Waals surface area contributed by atoms with E-state index in [2.05, 4.69) is 29.9 Å². The number of anilines is 3. The number of hydrogen-bond donors (Lipinski definition) is 1. The van der Waals surface area contributed by atoms with Crippen molar-refractivity contribution in [3.63, 3.8) is 0 Å². The number of oxazole rings is 1. The van der Waals surface area contributed by atoms with Gasteiger partial charge in [0.2, 0.25) is 11.8 Å². The van der Waals surface area contributed by atoms with Crippen molar-refractivity contribution in [3.05, 3.63) is 36.6 Å². The Morgan fingerprint density at radius 3 is 2.39 bits per heavy atom. The fourth-order valence-corrected chi connectivity index (χ4v) is 4.46. The maximum atomic E-state index is 15.1. The first kappa shape index (κ1) is 31.8. The van der Waals surface area contributed by atoms with Crippen LogP contribution in [0.3, 0.4) is 0 Å². The number of halogens is 1. The Morgan fingerprint density at radius 1 is 1.02 bits per heavy atom. The van der Waals surface area contributed by atoms with Gasteiger partial charge in [0, 0.05) is 69.2 Å². The first-order chi connectivity index (χ1) is 20.6. The van der Waals surface area contributed by atoms with Crippen molar-refractivity contribution < 1.29 is 18.3 Å². The fourth-order valence-electron chi connectivity index (χ4n) is 4.46. The van der Waals surface area contributed by atoms with Crippen LogP contribution >= 0.6 is 0 Å². The second-order valence-electron chi connectivity index (χ2n) is 10.4. The summed E-state index contributed by atoms with van der Waals surface area (Å²) in [6.45, 7) is 3.76. The number of nitrogens with zero attached hydrogens (tertiary/aromatic N) is 9. The van der Waals surface area contributed by atoms with Crippen LogP contribution in [0.15, 0.2) is 35.2 Å². The lowest BCUT2D eigenvalue weighted by atomic mass is 9.40. The zero-order valence-corrected chi connectivity index (χ0v) is 23.9. The Morgan fingerprint density at radius 2 is 1.75 bits per heavy atom. The summed E-state index contributed by atoms with van der Waals surface area (Å²) in [5, 5.41) is -2.81. The number of aromatic nitrogens is 6. The van der Waals surface area contributed by atoms with E-state index in [9.17, 15) is 0 Å². The molecule has 0 bridgehead atoms. The molecule has 1 saturated heterocycles. The van der Waals surface area contributed by atoms with Crippen LogP contribution in [0.1, 0.15) is 0 Å². The molecule has 5 rings (SSSR count). The molecule has 1 fully saturated rings. The van der Waals surface area contributed by atoms with E-state index in [0.29, 0.717) is 50.0 Å². The molecule has 0 atom stereocenters. The van der Waals surface area contributed by atoms with Crippen LogP contribution < -0.4 is 20.3 Å². The van der Waals surface area contributed by atoms with Crippen molar-refractivity contribution in [1.82, 2.24) is 34.4 Å². The zero-order valence-electron chi connectivity index (χ0n) is 23.9. The van der Waals surface area contributed by atoms with Gasteiger partial charge in [-0.15, -0.1) is 5.10 Å². The van der Waals surface area contributed by atoms with E-state index >= 15 is 4.39 Å². The molecule has 1 aliphatic heterocycles. The molecule has 2 N–H and O–H groups in total. The lowest BCUT2D eigenvalue weighted by Gasteiger charge is -2.48. The average Bonchev–Trinajstić information content (AvgIpc) is 3.61. The van der Waals surface area contributed by atoms with Crippen LogP contribution in [0.25, 0.3) is 17.4 Å². The van der Waals surface area contributed by atoms with Crippen LogP contribution in [-0.2, 0) is 4.74 Å². The molecule has 14 radical (unpaired) electrons. The second kappa shape index (κ2) is 12.1. The second-order valence-corrected chi connectivity index (χ2v) is 10.4. The van der Waals surface area contributed by atoms with Crippen LogP contribution in [0, 0.1) is 5.82 Å². The van der Waals surface area contributed by atoms with Gasteiger partial charge in [-0.2, -0.15) is 9.50 Å². The summed E-state index contributed by atoms with van der Waals surface area (Å²) in [6.07, 6.45) is 4.18. The summed E-state index contributed by atoms with van der Waals surface area (Å²) in [4.78, 5) is 23.2. The first-order valence-electron chi connectivity index (χ1n) is 13.3. The van der Waals surface area contributed by atoms with Crippen molar-refractivity contribution in [1.29, 1.82) is 0 Å². The standard InChI is InChI=1S/C23H22B7FN10O3/c1-38(15-11-16-35-17(19-33-2-9-42-19)37-41(16)20(32)36-15)3-4-39-5-7-40(8-6-39)18-14(31)10-13(12-34-18)43-21(24,25)22(26,27)44-23(28,29)30/h2,9-12H,3-8H2,1H3,(H2,32,36). The molecule has 13 nitrogen and oxygen atoms in total.